The minimum atomic E-state index is -3.08. The minimum absolute atomic E-state index is 0.380. The molecule has 0 spiro atoms. The first-order valence-electron chi connectivity index (χ1n) is 9.77. The molecule has 0 saturated carbocycles. The summed E-state index contributed by atoms with van der Waals surface area (Å²) >= 11 is 0. The Morgan fingerprint density at radius 3 is 1.18 bits per heavy atom. The van der Waals surface area contributed by atoms with Gasteiger partial charge in [-0.05, 0) is 61.7 Å². The lowest BCUT2D eigenvalue weighted by atomic mass is 10.4. The van der Waals surface area contributed by atoms with Gasteiger partial charge in [0.15, 0.2) is 0 Å². The molecular formula is C15H37N4O6P3. The van der Waals surface area contributed by atoms with E-state index >= 15 is 0 Å². The van der Waals surface area contributed by atoms with E-state index in [1.54, 1.807) is 0 Å². The van der Waals surface area contributed by atoms with Crippen molar-refractivity contribution in [1.82, 2.24) is 4.90 Å². The predicted molar refractivity (Wildman–Crippen MR) is 115 cm³/mol. The zero-order valence-electron chi connectivity index (χ0n) is 18.2. The molecule has 0 radical (unpaired) electrons. The van der Waals surface area contributed by atoms with Gasteiger partial charge >= 0.3 is 23.0 Å². The highest BCUT2D eigenvalue weighted by Crippen LogP contribution is 2.80. The highest BCUT2D eigenvalue weighted by atomic mass is 31.3. The molecule has 0 aliphatic carbocycles. The fraction of sp³-hybridized carbons (Fsp3) is 1.00. The van der Waals surface area contributed by atoms with E-state index in [9.17, 15) is 0 Å². The van der Waals surface area contributed by atoms with Crippen LogP contribution in [0.25, 0.3) is 0 Å². The lowest BCUT2D eigenvalue weighted by molar-refractivity contribution is 0.224. The molecule has 1 atom stereocenters. The molecule has 28 heavy (non-hydrogen) atoms. The Bertz CT molecular complexity index is 593. The Morgan fingerprint density at radius 2 is 0.893 bits per heavy atom. The highest BCUT2D eigenvalue weighted by molar-refractivity contribution is 7.78. The summed E-state index contributed by atoms with van der Waals surface area (Å²) in [5.74, 6) is 0. The van der Waals surface area contributed by atoms with Crippen LogP contribution in [0.4, 0.5) is 0 Å². The van der Waals surface area contributed by atoms with E-state index in [4.69, 9.17) is 40.7 Å². The van der Waals surface area contributed by atoms with Crippen LogP contribution in [0.2, 0.25) is 0 Å². The van der Waals surface area contributed by atoms with Gasteiger partial charge in [0.1, 0.15) is 0 Å². The maximum atomic E-state index is 6.16. The van der Waals surface area contributed by atoms with Gasteiger partial charge in [0.2, 0.25) is 0 Å². The largest absolute Gasteiger partial charge is 0.349 e. The Hall–Kier alpha value is 0.410. The third kappa shape index (κ3) is 7.92. The van der Waals surface area contributed by atoms with Crippen molar-refractivity contribution in [2.75, 3.05) is 60.3 Å². The molecule has 10 nitrogen and oxygen atoms in total. The molecule has 0 saturated heterocycles. The van der Waals surface area contributed by atoms with Gasteiger partial charge in [-0.15, -0.1) is 13.5 Å². The molecule has 1 aliphatic heterocycles. The van der Waals surface area contributed by atoms with Crippen molar-refractivity contribution >= 4 is 23.0 Å². The Kier molecular flexibility index (Phi) is 12.2. The van der Waals surface area contributed by atoms with Gasteiger partial charge in [0, 0.05) is 0 Å². The predicted octanol–water partition coefficient (Wildman–Crippen LogP) is 5.99. The summed E-state index contributed by atoms with van der Waals surface area (Å²) in [6.07, 6.45) is 0.813. The van der Waals surface area contributed by atoms with E-state index in [1.165, 1.54) is 0 Å². The molecule has 168 valence electrons. The second-order valence-electron chi connectivity index (χ2n) is 5.82. The van der Waals surface area contributed by atoms with Crippen LogP contribution in [-0.2, 0) is 27.1 Å². The summed E-state index contributed by atoms with van der Waals surface area (Å²) in [7, 11) is -5.13. The zero-order chi connectivity index (χ0) is 21.1. The normalized spacial score (nSPS) is 23.1. The number of rotatable bonds is 15. The molecule has 1 unspecified atom stereocenters. The molecule has 13 heteroatoms. The third-order valence-corrected chi connectivity index (χ3v) is 12.1. The van der Waals surface area contributed by atoms with Crippen LogP contribution in [0.1, 0.15) is 41.0 Å². The van der Waals surface area contributed by atoms with Crippen molar-refractivity contribution in [3.63, 3.8) is 0 Å². The SMILES string of the molecule is CCOP1(OCC)=NP(OCC)(OCC)=NP(OCC)(OCCCN(C)C)=N1. The van der Waals surface area contributed by atoms with Gasteiger partial charge in [-0.1, -0.05) is 0 Å². The van der Waals surface area contributed by atoms with E-state index in [1.807, 2.05) is 48.7 Å². The molecular weight excluding hydrogens is 425 g/mol. The van der Waals surface area contributed by atoms with Crippen molar-refractivity contribution in [3.8, 4) is 0 Å². The van der Waals surface area contributed by atoms with Gasteiger partial charge < -0.3 is 32.0 Å². The molecule has 0 bridgehead atoms. The summed E-state index contributed by atoms with van der Waals surface area (Å²) in [5.41, 5.74) is 0. The highest BCUT2D eigenvalue weighted by Gasteiger charge is 2.42. The molecule has 0 aromatic rings. The first-order chi connectivity index (χ1) is 13.3. The maximum absolute atomic E-state index is 6.16. The Balaban J connectivity index is 3.51. The molecule has 1 aliphatic rings. The summed E-state index contributed by atoms with van der Waals surface area (Å²) in [6.45, 7) is 12.6. The molecule has 1 heterocycles. The average Bonchev–Trinajstić information content (AvgIpc) is 2.59. The quantitative estimate of drug-likeness (QED) is 0.218. The molecule has 0 aromatic carbocycles. The zero-order valence-corrected chi connectivity index (χ0v) is 20.9. The fourth-order valence-electron chi connectivity index (χ4n) is 2.31. The van der Waals surface area contributed by atoms with E-state index in [0.717, 1.165) is 13.0 Å². The van der Waals surface area contributed by atoms with Crippen molar-refractivity contribution in [2.24, 2.45) is 13.5 Å². The Morgan fingerprint density at radius 1 is 0.571 bits per heavy atom. The molecule has 0 aromatic heterocycles. The van der Waals surface area contributed by atoms with Crippen molar-refractivity contribution in [1.29, 1.82) is 0 Å². The minimum Gasteiger partial charge on any atom is -0.309 e. The second-order valence-corrected chi connectivity index (χ2v) is 12.5. The van der Waals surface area contributed by atoms with Crippen LogP contribution in [0.15, 0.2) is 13.5 Å². The third-order valence-electron chi connectivity index (χ3n) is 3.17. The molecule has 0 fully saturated rings. The van der Waals surface area contributed by atoms with Crippen molar-refractivity contribution in [3.05, 3.63) is 0 Å². The average molecular weight is 462 g/mol. The molecule has 1 rings (SSSR count). The molecule has 0 N–H and O–H groups in total. The fourth-order valence-corrected chi connectivity index (χ4v) is 11.9. The smallest absolute Gasteiger partial charge is 0.309 e. The van der Waals surface area contributed by atoms with Crippen LogP contribution in [0, 0.1) is 0 Å². The van der Waals surface area contributed by atoms with Gasteiger partial charge in [-0.3, -0.25) is 0 Å². The lowest BCUT2D eigenvalue weighted by Crippen LogP contribution is -2.14. The van der Waals surface area contributed by atoms with Gasteiger partial charge in [0.25, 0.3) is 0 Å². The van der Waals surface area contributed by atoms with Crippen LogP contribution >= 0.6 is 23.0 Å². The summed E-state index contributed by atoms with van der Waals surface area (Å²) in [4.78, 5) is 2.09. The summed E-state index contributed by atoms with van der Waals surface area (Å²) < 4.78 is 50.1. The Labute approximate surface area is 170 Å². The molecule has 0 amide bonds. The number of hydrogen-bond acceptors (Lipinski definition) is 10. The standard InChI is InChI=1S/C15H37N4O6P3/c1-8-20-26(21-9-2)16-27(22-10-3,23-11-4)18-28(17-26,24-12-5)25-15-13-14-19(6)7/h8-15H2,1-7H3. The number of nitrogens with zero attached hydrogens (tertiary/aromatic N) is 4. The van der Waals surface area contributed by atoms with Crippen LogP contribution < -0.4 is 0 Å². The first-order valence-corrected chi connectivity index (χ1v) is 14.4. The van der Waals surface area contributed by atoms with E-state index < -0.39 is 23.0 Å². The van der Waals surface area contributed by atoms with E-state index in [2.05, 4.69) is 4.90 Å². The van der Waals surface area contributed by atoms with Crippen LogP contribution in [0.3, 0.4) is 0 Å². The van der Waals surface area contributed by atoms with Gasteiger partial charge in [0.05, 0.1) is 39.6 Å². The van der Waals surface area contributed by atoms with E-state index in [-0.39, 0.29) is 0 Å². The van der Waals surface area contributed by atoms with Crippen LogP contribution in [0.5, 0.6) is 0 Å². The lowest BCUT2D eigenvalue weighted by Gasteiger charge is -2.32. The summed E-state index contributed by atoms with van der Waals surface area (Å²) in [5, 5.41) is 0. The van der Waals surface area contributed by atoms with E-state index in [0.29, 0.717) is 39.6 Å². The van der Waals surface area contributed by atoms with Gasteiger partial charge in [-0.2, -0.15) is 0 Å². The van der Waals surface area contributed by atoms with Crippen LogP contribution in [-0.4, -0.2) is 65.2 Å². The first kappa shape index (κ1) is 26.4. The number of hydrogen-bond donors (Lipinski definition) is 0. The topological polar surface area (TPSA) is 95.7 Å². The van der Waals surface area contributed by atoms with Crippen molar-refractivity contribution in [2.45, 2.75) is 41.0 Å². The second kappa shape index (κ2) is 13.0. The monoisotopic (exact) mass is 462 g/mol. The summed E-state index contributed by atoms with van der Waals surface area (Å²) in [6, 6.07) is 0. The maximum Gasteiger partial charge on any atom is 0.349 e. The van der Waals surface area contributed by atoms with Crippen molar-refractivity contribution < 1.29 is 27.1 Å². The van der Waals surface area contributed by atoms with Gasteiger partial charge in [-0.25, -0.2) is 0 Å².